The Morgan fingerprint density at radius 3 is 3.00 bits per heavy atom. The Bertz CT molecular complexity index is 656. The van der Waals surface area contributed by atoms with Gasteiger partial charge in [0.15, 0.2) is 0 Å². The van der Waals surface area contributed by atoms with Gasteiger partial charge in [0.1, 0.15) is 0 Å². The van der Waals surface area contributed by atoms with Gasteiger partial charge in [-0.3, -0.25) is 4.98 Å². The van der Waals surface area contributed by atoms with Crippen LogP contribution in [0.25, 0.3) is 10.8 Å². The molecule has 1 aromatic carbocycles. The summed E-state index contributed by atoms with van der Waals surface area (Å²) in [6.07, 6.45) is 3.81. The van der Waals surface area contributed by atoms with Crippen molar-refractivity contribution in [1.82, 2.24) is 10.3 Å². The number of pyridine rings is 1. The van der Waals surface area contributed by atoms with Crippen molar-refractivity contribution in [3.05, 3.63) is 64.6 Å². The largest absolute Gasteiger partial charge is 0.306 e. The van der Waals surface area contributed by atoms with Gasteiger partial charge in [-0.2, -0.15) is 11.3 Å². The molecule has 1 atom stereocenters. The Kier molecular flexibility index (Phi) is 3.58. The van der Waals surface area contributed by atoms with E-state index in [-0.39, 0.29) is 6.04 Å². The van der Waals surface area contributed by atoms with Crippen molar-refractivity contribution in [2.24, 2.45) is 0 Å². The minimum Gasteiger partial charge on any atom is -0.306 e. The highest BCUT2D eigenvalue weighted by atomic mass is 32.1. The Morgan fingerprint density at radius 1 is 1.26 bits per heavy atom. The normalized spacial score (nSPS) is 12.7. The van der Waals surface area contributed by atoms with E-state index in [2.05, 4.69) is 58.3 Å². The van der Waals surface area contributed by atoms with Crippen LogP contribution in [0.2, 0.25) is 0 Å². The number of nitrogens with zero attached hydrogens (tertiary/aromatic N) is 1. The van der Waals surface area contributed by atoms with Gasteiger partial charge in [-0.25, -0.2) is 0 Å². The van der Waals surface area contributed by atoms with E-state index in [1.165, 1.54) is 21.9 Å². The van der Waals surface area contributed by atoms with Crippen LogP contribution < -0.4 is 5.32 Å². The Hall–Kier alpha value is -1.71. The van der Waals surface area contributed by atoms with Crippen molar-refractivity contribution in [2.45, 2.75) is 13.0 Å². The lowest BCUT2D eigenvalue weighted by Crippen LogP contribution is -2.21. The standard InChI is InChI=1S/C16H16N2S/c1-2-18-16(13-7-9-19-11-13)14-5-3-4-12-6-8-17-10-15(12)14/h3-11,16,18H,2H2,1H3. The molecule has 0 bridgehead atoms. The zero-order valence-corrected chi connectivity index (χ0v) is 11.7. The van der Waals surface area contributed by atoms with Gasteiger partial charge < -0.3 is 5.32 Å². The quantitative estimate of drug-likeness (QED) is 0.773. The minimum atomic E-state index is 0.240. The average molecular weight is 268 g/mol. The van der Waals surface area contributed by atoms with Crippen LogP contribution in [-0.2, 0) is 0 Å². The molecule has 3 aromatic rings. The van der Waals surface area contributed by atoms with Gasteiger partial charge in [0.2, 0.25) is 0 Å². The number of hydrogen-bond acceptors (Lipinski definition) is 3. The lowest BCUT2D eigenvalue weighted by atomic mass is 9.96. The molecular formula is C16H16N2S. The topological polar surface area (TPSA) is 24.9 Å². The summed E-state index contributed by atoms with van der Waals surface area (Å²) in [6.45, 7) is 3.08. The first-order valence-corrected chi connectivity index (χ1v) is 7.42. The number of fused-ring (bicyclic) bond motifs is 1. The number of hydrogen-bond donors (Lipinski definition) is 1. The van der Waals surface area contributed by atoms with Crippen LogP contribution in [0.4, 0.5) is 0 Å². The molecule has 0 amide bonds. The van der Waals surface area contributed by atoms with E-state index >= 15 is 0 Å². The third-order valence-electron chi connectivity index (χ3n) is 3.31. The van der Waals surface area contributed by atoms with Gasteiger partial charge in [-0.15, -0.1) is 0 Å². The second kappa shape index (κ2) is 5.51. The number of rotatable bonds is 4. The van der Waals surface area contributed by atoms with Crippen LogP contribution in [0, 0.1) is 0 Å². The maximum Gasteiger partial charge on any atom is 0.0591 e. The number of aromatic nitrogens is 1. The van der Waals surface area contributed by atoms with E-state index in [9.17, 15) is 0 Å². The molecule has 0 aliphatic rings. The average Bonchev–Trinajstić information content (AvgIpc) is 2.98. The Balaban J connectivity index is 2.15. The smallest absolute Gasteiger partial charge is 0.0591 e. The monoisotopic (exact) mass is 268 g/mol. The summed E-state index contributed by atoms with van der Waals surface area (Å²) in [7, 11) is 0. The van der Waals surface area contributed by atoms with Gasteiger partial charge in [0, 0.05) is 17.8 Å². The van der Waals surface area contributed by atoms with Crippen LogP contribution in [0.3, 0.4) is 0 Å². The summed E-state index contributed by atoms with van der Waals surface area (Å²) in [4.78, 5) is 4.27. The highest BCUT2D eigenvalue weighted by Crippen LogP contribution is 2.29. The van der Waals surface area contributed by atoms with Crippen LogP contribution >= 0.6 is 11.3 Å². The van der Waals surface area contributed by atoms with Gasteiger partial charge in [-0.1, -0.05) is 25.1 Å². The molecule has 2 nitrogen and oxygen atoms in total. The summed E-state index contributed by atoms with van der Waals surface area (Å²) in [5.74, 6) is 0. The molecule has 2 aromatic heterocycles. The van der Waals surface area contributed by atoms with Crippen LogP contribution in [0.5, 0.6) is 0 Å². The van der Waals surface area contributed by atoms with Crippen LogP contribution in [0.15, 0.2) is 53.5 Å². The predicted molar refractivity (Wildman–Crippen MR) is 81.6 cm³/mol. The summed E-state index contributed by atoms with van der Waals surface area (Å²) in [6, 6.07) is 10.9. The molecule has 1 N–H and O–H groups in total. The van der Waals surface area contributed by atoms with E-state index < -0.39 is 0 Å². The van der Waals surface area contributed by atoms with E-state index in [1.54, 1.807) is 11.3 Å². The van der Waals surface area contributed by atoms with Crippen molar-refractivity contribution in [2.75, 3.05) is 6.54 Å². The Labute approximate surface area is 117 Å². The van der Waals surface area contributed by atoms with Gasteiger partial charge in [0.05, 0.1) is 6.04 Å². The van der Waals surface area contributed by atoms with Crippen LogP contribution in [0.1, 0.15) is 24.1 Å². The maximum absolute atomic E-state index is 4.27. The molecule has 0 radical (unpaired) electrons. The molecule has 1 unspecified atom stereocenters. The van der Waals surface area contributed by atoms with E-state index in [1.807, 2.05) is 12.4 Å². The van der Waals surface area contributed by atoms with Crippen molar-refractivity contribution in [3.8, 4) is 0 Å². The molecule has 0 fully saturated rings. The molecule has 0 spiro atoms. The van der Waals surface area contributed by atoms with Crippen LogP contribution in [-0.4, -0.2) is 11.5 Å². The van der Waals surface area contributed by atoms with Crippen molar-refractivity contribution >= 4 is 22.1 Å². The molecule has 0 saturated heterocycles. The number of thiophene rings is 1. The summed E-state index contributed by atoms with van der Waals surface area (Å²) in [5, 5.41) is 10.4. The maximum atomic E-state index is 4.27. The highest BCUT2D eigenvalue weighted by Gasteiger charge is 2.15. The summed E-state index contributed by atoms with van der Waals surface area (Å²) >= 11 is 1.74. The SMILES string of the molecule is CCNC(c1ccsc1)c1cccc2ccncc12. The second-order valence-corrected chi connectivity index (χ2v) is 5.27. The van der Waals surface area contributed by atoms with Crippen molar-refractivity contribution < 1.29 is 0 Å². The molecular weight excluding hydrogens is 252 g/mol. The summed E-state index contributed by atoms with van der Waals surface area (Å²) in [5.41, 5.74) is 2.62. The van der Waals surface area contributed by atoms with E-state index in [0.29, 0.717) is 0 Å². The highest BCUT2D eigenvalue weighted by molar-refractivity contribution is 7.08. The van der Waals surface area contributed by atoms with E-state index in [4.69, 9.17) is 0 Å². The van der Waals surface area contributed by atoms with Crippen molar-refractivity contribution in [1.29, 1.82) is 0 Å². The van der Waals surface area contributed by atoms with E-state index in [0.717, 1.165) is 6.54 Å². The third kappa shape index (κ3) is 2.39. The molecule has 19 heavy (non-hydrogen) atoms. The predicted octanol–water partition coefficient (Wildman–Crippen LogP) is 4.00. The van der Waals surface area contributed by atoms with Gasteiger partial charge >= 0.3 is 0 Å². The molecule has 3 rings (SSSR count). The molecule has 2 heterocycles. The molecule has 3 heteroatoms. The third-order valence-corrected chi connectivity index (χ3v) is 4.01. The number of nitrogens with one attached hydrogen (secondary N) is 1. The Morgan fingerprint density at radius 2 is 2.21 bits per heavy atom. The zero-order chi connectivity index (χ0) is 13.1. The number of benzene rings is 1. The first-order chi connectivity index (χ1) is 9.40. The van der Waals surface area contributed by atoms with Crippen molar-refractivity contribution in [3.63, 3.8) is 0 Å². The lowest BCUT2D eigenvalue weighted by molar-refractivity contribution is 0.636. The fourth-order valence-electron chi connectivity index (χ4n) is 2.44. The first-order valence-electron chi connectivity index (χ1n) is 6.48. The first kappa shape index (κ1) is 12.3. The fourth-order valence-corrected chi connectivity index (χ4v) is 3.13. The molecule has 0 aliphatic carbocycles. The zero-order valence-electron chi connectivity index (χ0n) is 10.8. The van der Waals surface area contributed by atoms with Gasteiger partial charge in [-0.05, 0) is 46.0 Å². The van der Waals surface area contributed by atoms with Gasteiger partial charge in [0.25, 0.3) is 0 Å². The molecule has 0 saturated carbocycles. The minimum absolute atomic E-state index is 0.240. The molecule has 0 aliphatic heterocycles. The molecule has 96 valence electrons. The fraction of sp³-hybridized carbons (Fsp3) is 0.188. The summed E-state index contributed by atoms with van der Waals surface area (Å²) < 4.78 is 0. The lowest BCUT2D eigenvalue weighted by Gasteiger charge is -2.19. The second-order valence-electron chi connectivity index (χ2n) is 4.49.